The van der Waals surface area contributed by atoms with Crippen molar-refractivity contribution in [3.05, 3.63) is 84.7 Å². The molecular formula is C34H37N7O. The Morgan fingerprint density at radius 3 is 2.48 bits per heavy atom. The average Bonchev–Trinajstić information content (AvgIpc) is 3.62. The van der Waals surface area contributed by atoms with Gasteiger partial charge < -0.3 is 25.4 Å². The van der Waals surface area contributed by atoms with Gasteiger partial charge in [0, 0.05) is 91.3 Å². The Kier molecular flexibility index (Phi) is 7.39. The summed E-state index contributed by atoms with van der Waals surface area (Å²) in [5.41, 5.74) is 16.8. The molecule has 0 radical (unpaired) electrons. The second kappa shape index (κ2) is 11.3. The van der Waals surface area contributed by atoms with E-state index in [-0.39, 0.29) is 5.91 Å². The number of aromatic amines is 1. The fourth-order valence-corrected chi connectivity index (χ4v) is 6.06. The van der Waals surface area contributed by atoms with E-state index in [1.807, 2.05) is 18.0 Å². The molecule has 2 aromatic heterocycles. The molecule has 3 N–H and O–H groups in total. The smallest absolute Gasteiger partial charge is 0.250 e. The molecule has 42 heavy (non-hydrogen) atoms. The maximum absolute atomic E-state index is 12.7. The van der Waals surface area contributed by atoms with Crippen LogP contribution in [0.15, 0.2) is 78.6 Å². The third-order valence-electron chi connectivity index (χ3n) is 8.59. The monoisotopic (exact) mass is 559 g/mol. The number of hydrogen-bond acceptors (Lipinski definition) is 6. The minimum absolute atomic E-state index is 0.0828. The lowest BCUT2D eigenvalue weighted by Gasteiger charge is -2.34. The van der Waals surface area contributed by atoms with E-state index in [0.29, 0.717) is 6.54 Å². The number of hydrogen-bond donors (Lipinski definition) is 2. The standard InChI is InChI=1S/C34H37N7O/c1-5-31(42)41-13-12-23-6-7-25(19-30(23)41)32-28-18-26(29(20-35)22(2)36-3)21-37-34(28)38-33(32)24-8-10-27(11-9-24)40-16-14-39(4)15-17-40/h5-11,18-21H,1,12-17,35H2,2-4H3,(H,37,38)/b29-20+,36-22?. The number of benzene rings is 2. The zero-order valence-corrected chi connectivity index (χ0v) is 24.5. The van der Waals surface area contributed by atoms with E-state index >= 15 is 0 Å². The second-order valence-corrected chi connectivity index (χ2v) is 11.0. The molecule has 2 aromatic carbocycles. The Bertz CT molecular complexity index is 1720. The molecule has 6 rings (SSSR count). The summed E-state index contributed by atoms with van der Waals surface area (Å²) >= 11 is 0. The van der Waals surface area contributed by atoms with Crippen LogP contribution in [0.2, 0.25) is 0 Å². The van der Waals surface area contributed by atoms with Gasteiger partial charge in [-0.1, -0.05) is 30.8 Å². The van der Waals surface area contributed by atoms with Crippen molar-refractivity contribution in [2.75, 3.05) is 56.6 Å². The first-order valence-corrected chi connectivity index (χ1v) is 14.4. The first-order chi connectivity index (χ1) is 20.4. The van der Waals surface area contributed by atoms with Crippen LogP contribution in [-0.4, -0.2) is 73.3 Å². The molecule has 1 fully saturated rings. The van der Waals surface area contributed by atoms with Gasteiger partial charge >= 0.3 is 0 Å². The molecule has 2 aliphatic heterocycles. The second-order valence-electron chi connectivity index (χ2n) is 11.0. The van der Waals surface area contributed by atoms with Crippen molar-refractivity contribution < 1.29 is 4.79 Å². The number of allylic oxidation sites excluding steroid dienone is 1. The van der Waals surface area contributed by atoms with Gasteiger partial charge in [0.05, 0.1) is 5.69 Å². The van der Waals surface area contributed by atoms with Crippen LogP contribution in [0.1, 0.15) is 18.1 Å². The van der Waals surface area contributed by atoms with Crippen molar-refractivity contribution in [2.45, 2.75) is 13.3 Å². The minimum Gasteiger partial charge on any atom is -0.404 e. The Morgan fingerprint density at radius 2 is 1.79 bits per heavy atom. The lowest BCUT2D eigenvalue weighted by Crippen LogP contribution is -2.44. The number of fused-ring (bicyclic) bond motifs is 2. The highest BCUT2D eigenvalue weighted by Gasteiger charge is 2.25. The first-order valence-electron chi connectivity index (χ1n) is 14.4. The topological polar surface area (TPSA) is 93.9 Å². The van der Waals surface area contributed by atoms with E-state index in [4.69, 9.17) is 10.7 Å². The van der Waals surface area contributed by atoms with E-state index in [1.54, 1.807) is 13.2 Å². The zero-order chi connectivity index (χ0) is 29.4. The van der Waals surface area contributed by atoms with E-state index in [1.165, 1.54) is 11.8 Å². The first kappa shape index (κ1) is 27.5. The van der Waals surface area contributed by atoms with Crippen LogP contribution >= 0.6 is 0 Å². The van der Waals surface area contributed by atoms with Crippen LogP contribution in [0.5, 0.6) is 0 Å². The Hall–Kier alpha value is -4.69. The molecule has 214 valence electrons. The molecule has 0 aliphatic carbocycles. The zero-order valence-electron chi connectivity index (χ0n) is 24.5. The molecular weight excluding hydrogens is 522 g/mol. The van der Waals surface area contributed by atoms with Gasteiger partial charge in [0.15, 0.2) is 0 Å². The summed E-state index contributed by atoms with van der Waals surface area (Å²) in [6.45, 7) is 10.5. The number of nitrogens with zero attached hydrogens (tertiary/aromatic N) is 5. The summed E-state index contributed by atoms with van der Waals surface area (Å²) in [7, 11) is 3.93. The SMILES string of the molecule is C=CC(=O)N1CCc2ccc(-c3c(-c4ccc(N5CCN(C)CC5)cc4)[nH]c4ncc(/C(=C/N)C(C)=NC)cc34)cc21. The van der Waals surface area contributed by atoms with Gasteiger partial charge in [0.25, 0.3) is 0 Å². The van der Waals surface area contributed by atoms with Crippen molar-refractivity contribution >= 4 is 39.6 Å². The summed E-state index contributed by atoms with van der Waals surface area (Å²) in [6.07, 6.45) is 5.64. The molecule has 0 atom stereocenters. The Morgan fingerprint density at radius 1 is 1.05 bits per heavy atom. The maximum Gasteiger partial charge on any atom is 0.250 e. The number of aliphatic imine (C=N–C) groups is 1. The minimum atomic E-state index is -0.0828. The van der Waals surface area contributed by atoms with Crippen LogP contribution in [0.25, 0.3) is 39.0 Å². The van der Waals surface area contributed by atoms with Gasteiger partial charge in [0.1, 0.15) is 5.65 Å². The van der Waals surface area contributed by atoms with Crippen LogP contribution < -0.4 is 15.5 Å². The molecule has 0 unspecified atom stereocenters. The maximum atomic E-state index is 12.7. The molecule has 1 saturated heterocycles. The highest BCUT2D eigenvalue weighted by Crippen LogP contribution is 2.42. The number of nitrogens with two attached hydrogens (primary N) is 1. The Balaban J connectivity index is 1.50. The fourth-order valence-electron chi connectivity index (χ4n) is 6.06. The van der Waals surface area contributed by atoms with Crippen molar-refractivity contribution in [2.24, 2.45) is 10.7 Å². The number of rotatable bonds is 6. The van der Waals surface area contributed by atoms with Crippen molar-refractivity contribution in [3.63, 3.8) is 0 Å². The lowest BCUT2D eigenvalue weighted by atomic mass is 9.95. The molecule has 8 heteroatoms. The summed E-state index contributed by atoms with van der Waals surface area (Å²) in [5.74, 6) is -0.0828. The number of carbonyl (C=O) groups is 1. The van der Waals surface area contributed by atoms with Crippen LogP contribution in [0.3, 0.4) is 0 Å². The molecule has 0 saturated carbocycles. The third-order valence-corrected chi connectivity index (χ3v) is 8.59. The van der Waals surface area contributed by atoms with Crippen LogP contribution in [0, 0.1) is 0 Å². The van der Waals surface area contributed by atoms with E-state index in [2.05, 4.69) is 81.9 Å². The average molecular weight is 560 g/mol. The highest BCUT2D eigenvalue weighted by molar-refractivity contribution is 6.23. The lowest BCUT2D eigenvalue weighted by molar-refractivity contribution is -0.114. The molecule has 1 amide bonds. The van der Waals surface area contributed by atoms with Crippen LogP contribution in [-0.2, 0) is 11.2 Å². The fraction of sp³-hybridized carbons (Fsp3) is 0.265. The molecule has 4 heterocycles. The summed E-state index contributed by atoms with van der Waals surface area (Å²) in [5, 5.41) is 0.980. The van der Waals surface area contributed by atoms with Gasteiger partial charge in [-0.05, 0) is 67.4 Å². The number of nitrogens with one attached hydrogen (secondary N) is 1. The van der Waals surface area contributed by atoms with E-state index in [0.717, 1.165) is 94.1 Å². The van der Waals surface area contributed by atoms with Crippen molar-refractivity contribution in [1.82, 2.24) is 14.9 Å². The highest BCUT2D eigenvalue weighted by atomic mass is 16.2. The number of carbonyl (C=O) groups excluding carboxylic acids is 1. The Labute approximate surface area is 246 Å². The largest absolute Gasteiger partial charge is 0.404 e. The van der Waals surface area contributed by atoms with E-state index < -0.39 is 0 Å². The van der Waals surface area contributed by atoms with Crippen LogP contribution in [0.4, 0.5) is 11.4 Å². The predicted octanol–water partition coefficient (Wildman–Crippen LogP) is 5.11. The molecule has 4 aromatic rings. The van der Waals surface area contributed by atoms with Crippen molar-refractivity contribution in [3.8, 4) is 22.4 Å². The van der Waals surface area contributed by atoms with Crippen molar-refractivity contribution in [1.29, 1.82) is 0 Å². The number of anilines is 2. The summed E-state index contributed by atoms with van der Waals surface area (Å²) in [6, 6.07) is 17.3. The normalized spacial score (nSPS) is 16.3. The van der Waals surface area contributed by atoms with Gasteiger partial charge in [-0.15, -0.1) is 0 Å². The van der Waals surface area contributed by atoms with Gasteiger partial charge in [-0.3, -0.25) is 9.79 Å². The van der Waals surface area contributed by atoms with E-state index in [9.17, 15) is 4.79 Å². The third kappa shape index (κ3) is 4.88. The number of piperazine rings is 1. The number of amides is 1. The van der Waals surface area contributed by atoms with Gasteiger partial charge in [-0.25, -0.2) is 4.98 Å². The summed E-state index contributed by atoms with van der Waals surface area (Å²) in [4.78, 5) is 32.1. The molecule has 0 spiro atoms. The number of H-pyrrole nitrogens is 1. The molecule has 2 aliphatic rings. The van der Waals surface area contributed by atoms with Gasteiger partial charge in [0.2, 0.25) is 5.91 Å². The molecule has 8 nitrogen and oxygen atoms in total. The predicted molar refractivity (Wildman–Crippen MR) is 174 cm³/mol. The number of aromatic nitrogens is 2. The number of likely N-dealkylation sites (N-methyl/N-ethyl adjacent to an activating group) is 1. The summed E-state index contributed by atoms with van der Waals surface area (Å²) < 4.78 is 0. The molecule has 0 bridgehead atoms. The number of pyridine rings is 1. The van der Waals surface area contributed by atoms with Gasteiger partial charge in [-0.2, -0.15) is 0 Å². The quantitative estimate of drug-likeness (QED) is 0.253.